The Labute approximate surface area is 154 Å². The fourth-order valence-electron chi connectivity index (χ4n) is 1.89. The molecule has 0 spiro atoms. The zero-order chi connectivity index (χ0) is 18.7. The third kappa shape index (κ3) is 6.50. The van der Waals surface area contributed by atoms with Crippen molar-refractivity contribution >= 4 is 7.82 Å². The van der Waals surface area contributed by atoms with E-state index in [1.54, 1.807) is 78.9 Å². The molecule has 26 heavy (non-hydrogen) atoms. The second-order valence-corrected chi connectivity index (χ2v) is 6.51. The number of phosphoric acid groups is 1. The molecule has 0 unspecified atom stereocenters. The van der Waals surface area contributed by atoms with Gasteiger partial charge in [-0.15, -0.1) is 6.58 Å². The average molecular weight is 368 g/mol. The number of hydrogen-bond donors (Lipinski definition) is 0. The molecule has 0 heterocycles. The van der Waals surface area contributed by atoms with E-state index in [1.807, 2.05) is 25.1 Å². The molecule has 3 aromatic rings. The van der Waals surface area contributed by atoms with Gasteiger partial charge in [-0.3, -0.25) is 0 Å². The Balaban J connectivity index is 0.000000758. The fourth-order valence-corrected chi connectivity index (χ4v) is 3.14. The second kappa shape index (κ2) is 10.1. The molecule has 0 saturated carbocycles. The van der Waals surface area contributed by atoms with Crippen molar-refractivity contribution in [3.63, 3.8) is 0 Å². The lowest BCUT2D eigenvalue weighted by Gasteiger charge is -2.19. The Hall–Kier alpha value is -2.97. The van der Waals surface area contributed by atoms with E-state index in [2.05, 4.69) is 6.58 Å². The largest absolute Gasteiger partial charge is 0.647 e. The van der Waals surface area contributed by atoms with Crippen molar-refractivity contribution < 1.29 is 18.1 Å². The van der Waals surface area contributed by atoms with Gasteiger partial charge in [0.15, 0.2) is 0 Å². The summed E-state index contributed by atoms with van der Waals surface area (Å²) in [6.07, 6.45) is 1.75. The highest BCUT2D eigenvalue weighted by atomic mass is 31.2. The SMILES string of the molecule is C=CC.O=P(Oc1ccccc1)(Oc1ccccc1)Oc1ccccc1. The van der Waals surface area contributed by atoms with Gasteiger partial charge in [-0.1, -0.05) is 60.7 Å². The van der Waals surface area contributed by atoms with Crippen molar-refractivity contribution in [3.05, 3.63) is 104 Å². The summed E-state index contributed by atoms with van der Waals surface area (Å²) in [6, 6.07) is 26.4. The summed E-state index contributed by atoms with van der Waals surface area (Å²) in [4.78, 5) is 0. The first-order valence-electron chi connectivity index (χ1n) is 8.06. The summed E-state index contributed by atoms with van der Waals surface area (Å²) in [5.74, 6) is 1.22. The van der Waals surface area contributed by atoms with Gasteiger partial charge in [0.05, 0.1) is 0 Å². The summed E-state index contributed by atoms with van der Waals surface area (Å²) in [5, 5.41) is 0. The molecule has 0 radical (unpaired) electrons. The third-order valence-corrected chi connectivity index (χ3v) is 4.18. The molecule has 0 bridgehead atoms. The number of para-hydroxylation sites is 3. The minimum absolute atomic E-state index is 0.405. The number of allylic oxidation sites excluding steroid dienone is 1. The minimum atomic E-state index is -3.89. The van der Waals surface area contributed by atoms with Gasteiger partial charge in [-0.25, -0.2) is 0 Å². The molecular weight excluding hydrogens is 347 g/mol. The van der Waals surface area contributed by atoms with E-state index in [9.17, 15) is 4.57 Å². The molecule has 4 nitrogen and oxygen atoms in total. The zero-order valence-corrected chi connectivity index (χ0v) is 15.4. The van der Waals surface area contributed by atoms with Crippen LogP contribution < -0.4 is 13.6 Å². The summed E-state index contributed by atoms with van der Waals surface area (Å²) in [5.41, 5.74) is 0. The van der Waals surface area contributed by atoms with Crippen molar-refractivity contribution in [3.8, 4) is 17.2 Å². The highest BCUT2D eigenvalue weighted by Crippen LogP contribution is 2.49. The normalized spacial score (nSPS) is 10.0. The first-order chi connectivity index (χ1) is 12.6. The summed E-state index contributed by atoms with van der Waals surface area (Å²) in [7, 11) is -3.89. The Bertz CT molecular complexity index is 712. The maximum atomic E-state index is 13.1. The number of rotatable bonds is 6. The number of phosphoric ester groups is 1. The predicted octanol–water partition coefficient (Wildman–Crippen LogP) is 6.52. The maximum absolute atomic E-state index is 13.1. The lowest BCUT2D eigenvalue weighted by Crippen LogP contribution is -2.07. The zero-order valence-electron chi connectivity index (χ0n) is 14.5. The Morgan fingerprint density at radius 3 is 1.12 bits per heavy atom. The van der Waals surface area contributed by atoms with Crippen molar-refractivity contribution in [2.24, 2.45) is 0 Å². The highest BCUT2D eigenvalue weighted by molar-refractivity contribution is 7.49. The molecule has 0 aromatic heterocycles. The summed E-state index contributed by atoms with van der Waals surface area (Å²) >= 11 is 0. The monoisotopic (exact) mass is 368 g/mol. The van der Waals surface area contributed by atoms with Gasteiger partial charge >= 0.3 is 7.82 Å². The number of hydrogen-bond acceptors (Lipinski definition) is 4. The van der Waals surface area contributed by atoms with Crippen LogP contribution in [-0.2, 0) is 4.57 Å². The first kappa shape index (κ1) is 19.4. The van der Waals surface area contributed by atoms with Gasteiger partial charge in [-0.05, 0) is 43.3 Å². The van der Waals surface area contributed by atoms with Gasteiger partial charge in [0.25, 0.3) is 0 Å². The van der Waals surface area contributed by atoms with Gasteiger partial charge in [-0.2, -0.15) is 4.57 Å². The van der Waals surface area contributed by atoms with E-state index in [0.29, 0.717) is 17.2 Å². The first-order valence-corrected chi connectivity index (χ1v) is 9.52. The Kier molecular flexibility index (Phi) is 7.53. The lowest BCUT2D eigenvalue weighted by atomic mass is 10.3. The lowest BCUT2D eigenvalue weighted by molar-refractivity contribution is 0.298. The van der Waals surface area contributed by atoms with E-state index < -0.39 is 7.82 Å². The van der Waals surface area contributed by atoms with E-state index in [4.69, 9.17) is 13.6 Å². The van der Waals surface area contributed by atoms with Crippen LogP contribution in [0, 0.1) is 0 Å². The van der Waals surface area contributed by atoms with Gasteiger partial charge < -0.3 is 13.6 Å². The van der Waals surface area contributed by atoms with Gasteiger partial charge in [0.2, 0.25) is 0 Å². The van der Waals surface area contributed by atoms with E-state index >= 15 is 0 Å². The minimum Gasteiger partial charge on any atom is -0.386 e. The van der Waals surface area contributed by atoms with Crippen LogP contribution in [0.3, 0.4) is 0 Å². The van der Waals surface area contributed by atoms with Crippen LogP contribution >= 0.6 is 7.82 Å². The summed E-state index contributed by atoms with van der Waals surface area (Å²) in [6.45, 7) is 5.25. The van der Waals surface area contributed by atoms with Crippen molar-refractivity contribution in [2.75, 3.05) is 0 Å². The van der Waals surface area contributed by atoms with Crippen molar-refractivity contribution in [2.45, 2.75) is 6.92 Å². The van der Waals surface area contributed by atoms with Crippen LogP contribution in [0.2, 0.25) is 0 Å². The topological polar surface area (TPSA) is 44.8 Å². The van der Waals surface area contributed by atoms with Gasteiger partial charge in [0.1, 0.15) is 17.2 Å². The molecule has 134 valence electrons. The average Bonchev–Trinajstić information content (AvgIpc) is 2.64. The fraction of sp³-hybridized carbons (Fsp3) is 0.0476. The number of benzene rings is 3. The van der Waals surface area contributed by atoms with Gasteiger partial charge in [0, 0.05) is 0 Å². The molecule has 0 aliphatic heterocycles. The molecule has 3 rings (SSSR count). The molecule has 0 N–H and O–H groups in total. The van der Waals surface area contributed by atoms with Crippen LogP contribution in [0.4, 0.5) is 0 Å². The van der Waals surface area contributed by atoms with E-state index in [1.165, 1.54) is 0 Å². The van der Waals surface area contributed by atoms with E-state index in [-0.39, 0.29) is 0 Å². The smallest absolute Gasteiger partial charge is 0.386 e. The van der Waals surface area contributed by atoms with Crippen LogP contribution in [0.15, 0.2) is 104 Å². The molecular formula is C21H21O4P. The Morgan fingerprint density at radius 2 is 0.885 bits per heavy atom. The van der Waals surface area contributed by atoms with Crippen LogP contribution in [-0.4, -0.2) is 0 Å². The Morgan fingerprint density at radius 1 is 0.654 bits per heavy atom. The highest BCUT2D eigenvalue weighted by Gasteiger charge is 2.33. The molecule has 0 atom stereocenters. The molecule has 0 fully saturated rings. The quantitative estimate of drug-likeness (QED) is 0.367. The molecule has 3 aromatic carbocycles. The molecule has 0 amide bonds. The molecule has 0 aliphatic rings. The third-order valence-electron chi connectivity index (χ3n) is 2.88. The summed E-state index contributed by atoms with van der Waals surface area (Å²) < 4.78 is 29.6. The molecule has 5 heteroatoms. The van der Waals surface area contributed by atoms with Crippen LogP contribution in [0.1, 0.15) is 6.92 Å². The second-order valence-electron chi connectivity index (χ2n) is 5.07. The molecule has 0 aliphatic carbocycles. The maximum Gasteiger partial charge on any atom is 0.647 e. The van der Waals surface area contributed by atoms with E-state index in [0.717, 1.165) is 0 Å². The van der Waals surface area contributed by atoms with Crippen molar-refractivity contribution in [1.29, 1.82) is 0 Å². The molecule has 0 saturated heterocycles. The predicted molar refractivity (Wildman–Crippen MR) is 105 cm³/mol. The van der Waals surface area contributed by atoms with Crippen molar-refractivity contribution in [1.82, 2.24) is 0 Å². The standard InChI is InChI=1S/C18H15O4P.C3H6/c19-23(20-16-10-4-1-5-11-16,21-17-12-6-2-7-13-17)22-18-14-8-3-9-15-18;1-3-2/h1-15H;3H,1H2,2H3. The van der Waals surface area contributed by atoms with Crippen LogP contribution in [0.5, 0.6) is 17.2 Å². The van der Waals surface area contributed by atoms with Crippen LogP contribution in [0.25, 0.3) is 0 Å².